The zero-order chi connectivity index (χ0) is 20.7. The molecule has 0 saturated heterocycles. The summed E-state index contributed by atoms with van der Waals surface area (Å²) in [7, 11) is 0. The Morgan fingerprint density at radius 1 is 1.23 bits per heavy atom. The van der Waals surface area contributed by atoms with Crippen molar-refractivity contribution in [1.82, 2.24) is 20.2 Å². The third-order valence-corrected chi connectivity index (χ3v) is 5.34. The van der Waals surface area contributed by atoms with Crippen LogP contribution in [0.25, 0.3) is 5.52 Å². The van der Waals surface area contributed by atoms with E-state index in [-0.39, 0.29) is 6.17 Å². The molecule has 0 spiro atoms. The maximum atomic E-state index is 11.8. The van der Waals surface area contributed by atoms with Gasteiger partial charge >= 0.3 is 0 Å². The van der Waals surface area contributed by atoms with Crippen LogP contribution < -0.4 is 16.4 Å². The smallest absolute Gasteiger partial charge is 0.267 e. The molecule has 8 nitrogen and oxygen atoms in total. The Bertz CT molecular complexity index is 1240. The van der Waals surface area contributed by atoms with Gasteiger partial charge in [-0.1, -0.05) is 36.4 Å². The minimum atomic E-state index is -0.520. The number of amidine groups is 1. The van der Waals surface area contributed by atoms with Crippen LogP contribution in [-0.4, -0.2) is 34.1 Å². The third kappa shape index (κ3) is 3.02. The van der Waals surface area contributed by atoms with E-state index >= 15 is 0 Å². The van der Waals surface area contributed by atoms with Gasteiger partial charge in [0.1, 0.15) is 11.5 Å². The lowest BCUT2D eigenvalue weighted by Crippen LogP contribution is -2.35. The average molecular weight is 399 g/mol. The lowest BCUT2D eigenvalue weighted by Gasteiger charge is -2.25. The second-order valence-corrected chi connectivity index (χ2v) is 7.30. The number of rotatable bonds is 4. The van der Waals surface area contributed by atoms with Gasteiger partial charge in [0.25, 0.3) is 5.91 Å². The fourth-order valence-corrected chi connectivity index (χ4v) is 3.90. The molecular weight excluding hydrogens is 378 g/mol. The van der Waals surface area contributed by atoms with Gasteiger partial charge in [-0.3, -0.25) is 9.79 Å². The number of carbonyl (C=O) groups excluding carboxylic acids is 1. The molecule has 1 atom stereocenters. The number of nitrogens with two attached hydrogens (primary N) is 1. The molecule has 1 amide bonds. The number of hydrogen-bond donors (Lipinski definition) is 3. The highest BCUT2D eigenvalue weighted by atomic mass is 16.1. The Balaban J connectivity index is 1.54. The summed E-state index contributed by atoms with van der Waals surface area (Å²) >= 11 is 0. The first-order valence-electron chi connectivity index (χ1n) is 9.75. The van der Waals surface area contributed by atoms with Gasteiger partial charge in [0.15, 0.2) is 6.17 Å². The van der Waals surface area contributed by atoms with Crippen molar-refractivity contribution in [2.75, 3.05) is 6.54 Å². The molecule has 30 heavy (non-hydrogen) atoms. The SMILES string of the molecule is Cc1nn2c(C(N)=O)cccc2c1C1N=C(NCc2ccccc2)C2=C(C=NC2)N1. The monoisotopic (exact) mass is 399 g/mol. The molecule has 1 unspecified atom stereocenters. The topological polar surface area (TPSA) is 109 Å². The second-order valence-electron chi connectivity index (χ2n) is 7.30. The molecular formula is C22H21N7O. The Morgan fingerprint density at radius 2 is 2.07 bits per heavy atom. The standard InChI is InChI=1S/C22H21N7O/c1-13-19(17-8-5-9-18(20(23)30)29(17)28-13)22-26-16-12-24-11-15(16)21(27-22)25-10-14-6-3-2-4-7-14/h2-9,12,22,26H,10-11H2,1H3,(H2,23,30)(H,25,27). The fraction of sp³-hybridized carbons (Fsp3) is 0.182. The van der Waals surface area contributed by atoms with Crippen LogP contribution in [-0.2, 0) is 6.54 Å². The van der Waals surface area contributed by atoms with Gasteiger partial charge in [-0.15, -0.1) is 0 Å². The largest absolute Gasteiger partial charge is 0.366 e. The van der Waals surface area contributed by atoms with Gasteiger partial charge in [-0.2, -0.15) is 5.10 Å². The molecule has 150 valence electrons. The Labute approximate surface area is 173 Å². The Kier molecular flexibility index (Phi) is 4.31. The summed E-state index contributed by atoms with van der Waals surface area (Å²) in [6.45, 7) is 3.17. The minimum Gasteiger partial charge on any atom is -0.366 e. The number of nitrogens with one attached hydrogen (secondary N) is 2. The summed E-state index contributed by atoms with van der Waals surface area (Å²) in [6.07, 6.45) is 1.49. The van der Waals surface area contributed by atoms with E-state index in [4.69, 9.17) is 10.7 Å². The Hall–Kier alpha value is -3.94. The number of carbonyl (C=O) groups is 1. The van der Waals surface area contributed by atoms with Gasteiger partial charge in [0, 0.05) is 23.9 Å². The number of hydrogen-bond acceptors (Lipinski definition) is 6. The van der Waals surface area contributed by atoms with Crippen LogP contribution in [0.4, 0.5) is 0 Å². The van der Waals surface area contributed by atoms with Crippen molar-refractivity contribution in [3.8, 4) is 0 Å². The summed E-state index contributed by atoms with van der Waals surface area (Å²) in [6, 6.07) is 15.6. The highest BCUT2D eigenvalue weighted by molar-refractivity contribution is 6.06. The molecule has 3 aromatic rings. The van der Waals surface area contributed by atoms with Crippen molar-refractivity contribution in [3.05, 3.63) is 82.3 Å². The first-order valence-corrected chi connectivity index (χ1v) is 9.75. The molecule has 4 N–H and O–H groups in total. The van der Waals surface area contributed by atoms with Gasteiger partial charge in [-0.05, 0) is 24.6 Å². The average Bonchev–Trinajstić information content (AvgIpc) is 3.35. The molecule has 4 heterocycles. The number of pyridine rings is 1. The third-order valence-electron chi connectivity index (χ3n) is 5.34. The molecule has 0 radical (unpaired) electrons. The minimum absolute atomic E-state index is 0.339. The summed E-state index contributed by atoms with van der Waals surface area (Å²) in [5.74, 6) is 0.299. The number of allylic oxidation sites excluding steroid dienone is 1. The van der Waals surface area contributed by atoms with E-state index in [2.05, 4.69) is 32.9 Å². The number of benzene rings is 1. The molecule has 2 aliphatic rings. The van der Waals surface area contributed by atoms with Crippen LogP contribution in [0.15, 0.2) is 69.8 Å². The van der Waals surface area contributed by atoms with Gasteiger partial charge < -0.3 is 16.4 Å². The van der Waals surface area contributed by atoms with Crippen molar-refractivity contribution in [2.24, 2.45) is 15.7 Å². The van der Waals surface area contributed by atoms with Crippen LogP contribution in [0.1, 0.15) is 33.5 Å². The van der Waals surface area contributed by atoms with E-state index in [9.17, 15) is 4.79 Å². The lowest BCUT2D eigenvalue weighted by molar-refractivity contribution is 0.0993. The van der Waals surface area contributed by atoms with Gasteiger partial charge in [0.2, 0.25) is 0 Å². The molecule has 2 aliphatic heterocycles. The number of aromatic nitrogens is 2. The molecule has 0 fully saturated rings. The van der Waals surface area contributed by atoms with Crippen molar-refractivity contribution in [3.63, 3.8) is 0 Å². The molecule has 0 saturated carbocycles. The van der Waals surface area contributed by atoms with Crippen LogP contribution in [0, 0.1) is 6.92 Å². The van der Waals surface area contributed by atoms with Crippen molar-refractivity contribution < 1.29 is 4.79 Å². The first kappa shape index (κ1) is 18.1. The molecule has 1 aromatic carbocycles. The number of aryl methyl sites for hydroxylation is 1. The van der Waals surface area contributed by atoms with Crippen LogP contribution in [0.3, 0.4) is 0 Å². The van der Waals surface area contributed by atoms with Crippen molar-refractivity contribution in [2.45, 2.75) is 19.6 Å². The number of amides is 1. The van der Waals surface area contributed by atoms with Crippen LogP contribution >= 0.6 is 0 Å². The molecule has 2 aromatic heterocycles. The van der Waals surface area contributed by atoms with Crippen molar-refractivity contribution >= 4 is 23.5 Å². The zero-order valence-electron chi connectivity index (χ0n) is 16.5. The van der Waals surface area contributed by atoms with Crippen LogP contribution in [0.2, 0.25) is 0 Å². The lowest BCUT2D eigenvalue weighted by atomic mass is 10.1. The maximum absolute atomic E-state index is 11.8. The number of primary amides is 1. The van der Waals surface area contributed by atoms with Crippen molar-refractivity contribution in [1.29, 1.82) is 0 Å². The predicted molar refractivity (Wildman–Crippen MR) is 115 cm³/mol. The predicted octanol–water partition coefficient (Wildman–Crippen LogP) is 1.87. The highest BCUT2D eigenvalue weighted by Crippen LogP contribution is 2.30. The summed E-state index contributed by atoms with van der Waals surface area (Å²) in [5, 5.41) is 11.5. The molecule has 5 rings (SSSR count). The van der Waals surface area contributed by atoms with Crippen LogP contribution in [0.5, 0.6) is 0 Å². The molecule has 8 heteroatoms. The van der Waals surface area contributed by atoms with E-state index in [1.165, 1.54) is 5.56 Å². The maximum Gasteiger partial charge on any atom is 0.267 e. The normalized spacial score (nSPS) is 17.6. The molecule has 0 aliphatic carbocycles. The number of aliphatic imine (C=N–C) groups is 2. The molecule has 0 bridgehead atoms. The van der Waals surface area contributed by atoms with E-state index in [1.54, 1.807) is 10.6 Å². The number of nitrogens with zero attached hydrogens (tertiary/aromatic N) is 4. The zero-order valence-corrected chi connectivity index (χ0v) is 16.5. The first-order chi connectivity index (χ1) is 14.6. The quantitative estimate of drug-likeness (QED) is 0.622. The van der Waals surface area contributed by atoms with Gasteiger partial charge in [0.05, 0.1) is 23.5 Å². The van der Waals surface area contributed by atoms with E-state index in [0.29, 0.717) is 18.8 Å². The fourth-order valence-electron chi connectivity index (χ4n) is 3.90. The Morgan fingerprint density at radius 3 is 2.87 bits per heavy atom. The highest BCUT2D eigenvalue weighted by Gasteiger charge is 2.29. The second kappa shape index (κ2) is 7.14. The van der Waals surface area contributed by atoms with E-state index in [1.807, 2.05) is 43.5 Å². The van der Waals surface area contributed by atoms with E-state index in [0.717, 1.165) is 33.9 Å². The van der Waals surface area contributed by atoms with E-state index < -0.39 is 5.91 Å². The summed E-state index contributed by atoms with van der Waals surface area (Å²) in [4.78, 5) is 21.2. The summed E-state index contributed by atoms with van der Waals surface area (Å²) in [5.41, 5.74) is 11.5. The summed E-state index contributed by atoms with van der Waals surface area (Å²) < 4.78 is 1.59. The number of fused-ring (bicyclic) bond motifs is 1. The van der Waals surface area contributed by atoms with Gasteiger partial charge in [-0.25, -0.2) is 9.51 Å².